The zero-order valence-corrected chi connectivity index (χ0v) is 31.1. The van der Waals surface area contributed by atoms with Gasteiger partial charge in [-0.1, -0.05) is 65.3 Å². The SMILES string of the molecule is CCOc1cc(NC(=O)C2(NC(=O)c3ccc4c(C5CCCC5)c(-c5ncc(Cl)cn5)n(C)c4c3)CCC2)ccc1/C=C/C(=O)OCC(Cl)(Cl)Cl. The van der Waals surface area contributed by atoms with Gasteiger partial charge in [0.25, 0.3) is 5.91 Å². The maximum atomic E-state index is 13.8. The monoisotopic (exact) mass is 771 g/mol. The minimum absolute atomic E-state index is 0.325. The molecule has 2 heterocycles. The highest BCUT2D eigenvalue weighted by Crippen LogP contribution is 2.44. The number of nitrogens with zero attached hydrogens (tertiary/aromatic N) is 3. The van der Waals surface area contributed by atoms with Crippen molar-refractivity contribution in [1.29, 1.82) is 0 Å². The van der Waals surface area contributed by atoms with E-state index in [2.05, 4.69) is 25.2 Å². The average Bonchev–Trinajstić information content (AvgIpc) is 3.71. The molecule has 0 bridgehead atoms. The average molecular weight is 774 g/mol. The van der Waals surface area contributed by atoms with Crippen molar-refractivity contribution in [3.63, 3.8) is 0 Å². The van der Waals surface area contributed by atoms with Gasteiger partial charge in [0.05, 0.1) is 17.3 Å². The summed E-state index contributed by atoms with van der Waals surface area (Å²) in [7, 11) is 1.96. The van der Waals surface area contributed by atoms with Gasteiger partial charge >= 0.3 is 5.97 Å². The molecule has 0 spiro atoms. The number of aryl methyl sites for hydroxylation is 1. The molecule has 0 aliphatic heterocycles. The number of carbonyl (C=O) groups excluding carboxylic acids is 3. The zero-order valence-electron chi connectivity index (χ0n) is 28.1. The van der Waals surface area contributed by atoms with Crippen LogP contribution in [0.2, 0.25) is 5.02 Å². The number of fused-ring (bicyclic) bond motifs is 1. The maximum absolute atomic E-state index is 13.8. The van der Waals surface area contributed by atoms with E-state index >= 15 is 0 Å². The topological polar surface area (TPSA) is 124 Å². The van der Waals surface area contributed by atoms with Gasteiger partial charge in [0, 0.05) is 59.3 Å². The highest BCUT2D eigenvalue weighted by molar-refractivity contribution is 6.67. The molecule has 2 N–H and O–H groups in total. The summed E-state index contributed by atoms with van der Waals surface area (Å²) in [4.78, 5) is 48.7. The summed E-state index contributed by atoms with van der Waals surface area (Å²) < 4.78 is 11.0. The Labute approximate surface area is 315 Å². The first kappa shape index (κ1) is 36.9. The number of alkyl halides is 3. The number of ether oxygens (including phenoxy) is 2. The Bertz CT molecular complexity index is 1980. The highest BCUT2D eigenvalue weighted by atomic mass is 35.6. The lowest BCUT2D eigenvalue weighted by molar-refractivity contribution is -0.137. The maximum Gasteiger partial charge on any atom is 0.330 e. The molecule has 0 saturated heterocycles. The molecule has 268 valence electrons. The van der Waals surface area contributed by atoms with Crippen molar-refractivity contribution >= 4 is 86.9 Å². The number of rotatable bonds is 11. The first-order valence-corrected chi connectivity index (χ1v) is 18.3. The van der Waals surface area contributed by atoms with E-state index in [-0.39, 0.29) is 11.8 Å². The number of nitrogens with one attached hydrogen (secondary N) is 2. The first-order valence-electron chi connectivity index (χ1n) is 16.8. The molecule has 10 nitrogen and oxygen atoms in total. The number of carbonyl (C=O) groups is 3. The standard InChI is InChI=1S/C37H37Cl4N5O5/c1-3-50-29-18-26(12-9-22(29)11-14-30(47)51-21-37(39,40)41)44-35(49)36(15-6-16-36)45-34(48)24-10-13-27-28(17-24)46(2)32(31(27)23-7-4-5-8-23)33-42-19-25(38)20-43-33/h9-14,17-20,23H,3-8,15-16,21H2,1-2H3,(H,44,49)(H,45,48)/b14-11+. The van der Waals surface area contributed by atoms with Gasteiger partial charge in [0.1, 0.15) is 17.9 Å². The van der Waals surface area contributed by atoms with E-state index in [0.29, 0.717) is 58.8 Å². The van der Waals surface area contributed by atoms with Crippen LogP contribution in [-0.2, 0) is 21.4 Å². The molecule has 2 saturated carbocycles. The zero-order chi connectivity index (χ0) is 36.3. The molecule has 2 aromatic heterocycles. The van der Waals surface area contributed by atoms with Gasteiger partial charge in [-0.3, -0.25) is 9.59 Å². The minimum Gasteiger partial charge on any atom is -0.493 e. The molecule has 0 radical (unpaired) electrons. The lowest BCUT2D eigenvalue weighted by Gasteiger charge is -2.40. The van der Waals surface area contributed by atoms with Crippen LogP contribution in [0.25, 0.3) is 28.5 Å². The molecule has 2 aromatic carbocycles. The molecule has 0 unspecified atom stereocenters. The van der Waals surface area contributed by atoms with Crippen LogP contribution in [0.3, 0.4) is 0 Å². The number of hydrogen-bond acceptors (Lipinski definition) is 7. The Balaban J connectivity index is 1.21. The van der Waals surface area contributed by atoms with Crippen molar-refractivity contribution in [3.05, 3.63) is 76.6 Å². The van der Waals surface area contributed by atoms with Crippen LogP contribution in [0.15, 0.2) is 54.9 Å². The molecular weight excluding hydrogens is 736 g/mol. The van der Waals surface area contributed by atoms with E-state index in [1.165, 1.54) is 17.7 Å². The van der Waals surface area contributed by atoms with Crippen molar-refractivity contribution in [3.8, 4) is 17.3 Å². The van der Waals surface area contributed by atoms with Crippen LogP contribution in [-0.4, -0.2) is 54.9 Å². The van der Waals surface area contributed by atoms with Gasteiger partial charge in [0.2, 0.25) is 9.70 Å². The number of benzene rings is 2. The lowest BCUT2D eigenvalue weighted by Crippen LogP contribution is -2.61. The number of aromatic nitrogens is 3. The fourth-order valence-electron chi connectivity index (χ4n) is 6.81. The van der Waals surface area contributed by atoms with Gasteiger partial charge < -0.3 is 24.7 Å². The molecule has 2 amide bonds. The normalized spacial score (nSPS) is 15.9. The van der Waals surface area contributed by atoms with Crippen LogP contribution in [0.1, 0.15) is 79.3 Å². The summed E-state index contributed by atoms with van der Waals surface area (Å²) >= 11 is 23.0. The third kappa shape index (κ3) is 8.30. The molecule has 6 rings (SSSR count). The van der Waals surface area contributed by atoms with Gasteiger partial charge in [-0.05, 0) is 80.9 Å². The van der Waals surface area contributed by atoms with Crippen LogP contribution >= 0.6 is 46.4 Å². The van der Waals surface area contributed by atoms with E-state index in [9.17, 15) is 14.4 Å². The number of esters is 1. The molecular formula is C37H37Cl4N5O5. The molecule has 14 heteroatoms. The summed E-state index contributed by atoms with van der Waals surface area (Å²) in [6, 6.07) is 10.7. The van der Waals surface area contributed by atoms with E-state index in [1.54, 1.807) is 30.6 Å². The van der Waals surface area contributed by atoms with Gasteiger partial charge in [0.15, 0.2) is 5.82 Å². The highest BCUT2D eigenvalue weighted by Gasteiger charge is 2.45. The predicted molar refractivity (Wildman–Crippen MR) is 201 cm³/mol. The molecule has 51 heavy (non-hydrogen) atoms. The summed E-state index contributed by atoms with van der Waals surface area (Å²) in [6.45, 7) is 1.77. The smallest absolute Gasteiger partial charge is 0.330 e. The fraction of sp³-hybridized carbons (Fsp3) is 0.378. The van der Waals surface area contributed by atoms with Crippen molar-refractivity contribution < 1.29 is 23.9 Å². The van der Waals surface area contributed by atoms with E-state index in [4.69, 9.17) is 55.9 Å². The number of halogens is 4. The Morgan fingerprint density at radius 2 is 1.76 bits per heavy atom. The van der Waals surface area contributed by atoms with Crippen LogP contribution in [0.4, 0.5) is 5.69 Å². The largest absolute Gasteiger partial charge is 0.493 e. The summed E-state index contributed by atoms with van der Waals surface area (Å²) in [5, 5.41) is 7.53. The predicted octanol–water partition coefficient (Wildman–Crippen LogP) is 8.56. The third-order valence-electron chi connectivity index (χ3n) is 9.44. The Morgan fingerprint density at radius 1 is 1.04 bits per heavy atom. The van der Waals surface area contributed by atoms with E-state index < -0.39 is 21.9 Å². The molecule has 0 atom stereocenters. The van der Waals surface area contributed by atoms with Crippen molar-refractivity contribution in [2.75, 3.05) is 18.5 Å². The second-order valence-corrected chi connectivity index (χ2v) is 15.8. The molecule has 4 aromatic rings. The third-order valence-corrected chi connectivity index (χ3v) is 9.96. The van der Waals surface area contributed by atoms with E-state index in [1.807, 2.05) is 32.2 Å². The molecule has 2 aliphatic rings. The number of amides is 2. The summed E-state index contributed by atoms with van der Waals surface area (Å²) in [5.41, 5.74) is 3.43. The van der Waals surface area contributed by atoms with Crippen LogP contribution < -0.4 is 15.4 Å². The van der Waals surface area contributed by atoms with E-state index in [0.717, 1.165) is 48.7 Å². The van der Waals surface area contributed by atoms with Crippen LogP contribution in [0, 0.1) is 0 Å². The summed E-state index contributed by atoms with van der Waals surface area (Å²) in [5.74, 6) is 0.0374. The molecule has 2 aliphatic carbocycles. The lowest BCUT2D eigenvalue weighted by atomic mass is 9.75. The van der Waals surface area contributed by atoms with Crippen LogP contribution in [0.5, 0.6) is 5.75 Å². The van der Waals surface area contributed by atoms with Gasteiger partial charge in [-0.2, -0.15) is 0 Å². The van der Waals surface area contributed by atoms with Gasteiger partial charge in [-0.25, -0.2) is 14.8 Å². The van der Waals surface area contributed by atoms with Crippen molar-refractivity contribution in [2.24, 2.45) is 7.05 Å². The van der Waals surface area contributed by atoms with Gasteiger partial charge in [-0.15, -0.1) is 0 Å². The quantitative estimate of drug-likeness (QED) is 0.0890. The second kappa shape index (κ2) is 15.4. The minimum atomic E-state index is -1.72. The second-order valence-electron chi connectivity index (χ2n) is 12.8. The fourth-order valence-corrected chi connectivity index (χ4v) is 7.07. The Kier molecular flexibility index (Phi) is 11.2. The first-order chi connectivity index (χ1) is 24.4. The number of hydrogen-bond donors (Lipinski definition) is 2. The number of anilines is 1. The Hall–Kier alpha value is -3.83. The molecule has 2 fully saturated rings. The van der Waals surface area contributed by atoms with Crippen molar-refractivity contribution in [1.82, 2.24) is 19.9 Å². The Morgan fingerprint density at radius 3 is 2.41 bits per heavy atom. The van der Waals surface area contributed by atoms with Crippen molar-refractivity contribution in [2.45, 2.75) is 67.1 Å². The summed E-state index contributed by atoms with van der Waals surface area (Å²) in [6.07, 6.45) is 12.2.